The van der Waals surface area contributed by atoms with E-state index in [-0.39, 0.29) is 5.60 Å². The van der Waals surface area contributed by atoms with E-state index in [1.165, 1.54) is 5.56 Å². The van der Waals surface area contributed by atoms with Crippen LogP contribution < -0.4 is 0 Å². The number of carboxylic acids is 3. The van der Waals surface area contributed by atoms with Gasteiger partial charge in [-0.2, -0.15) is 39.5 Å². The van der Waals surface area contributed by atoms with Crippen LogP contribution in [0.2, 0.25) is 0 Å². The second kappa shape index (κ2) is 18.1. The Labute approximate surface area is 251 Å². The minimum atomic E-state index is -5.08. The van der Waals surface area contributed by atoms with Crippen LogP contribution in [-0.4, -0.2) is 124 Å². The molecule has 3 rings (SSSR count). The third-order valence-electron chi connectivity index (χ3n) is 6.00. The molecule has 3 N–H and O–H groups in total. The summed E-state index contributed by atoms with van der Waals surface area (Å²) < 4.78 is 108. The van der Waals surface area contributed by atoms with Gasteiger partial charge in [0.05, 0.1) is 19.3 Å². The number of ether oxygens (including phenoxy) is 2. The van der Waals surface area contributed by atoms with E-state index in [1.807, 2.05) is 18.5 Å². The number of hydrogen-bond donors (Lipinski definition) is 3. The largest absolute Gasteiger partial charge is 0.490 e. The van der Waals surface area contributed by atoms with Crippen molar-refractivity contribution in [2.24, 2.45) is 0 Å². The van der Waals surface area contributed by atoms with Crippen molar-refractivity contribution in [1.82, 2.24) is 14.8 Å². The van der Waals surface area contributed by atoms with Crippen LogP contribution in [0.25, 0.3) is 0 Å². The van der Waals surface area contributed by atoms with Crippen LogP contribution in [0.15, 0.2) is 24.5 Å². The van der Waals surface area contributed by atoms with Crippen molar-refractivity contribution in [2.75, 3.05) is 39.9 Å². The van der Waals surface area contributed by atoms with Gasteiger partial charge in [-0.25, -0.2) is 14.4 Å². The summed E-state index contributed by atoms with van der Waals surface area (Å²) in [5.74, 6) is -8.27. The molecule has 0 amide bonds. The average molecular weight is 676 g/mol. The van der Waals surface area contributed by atoms with E-state index in [0.717, 1.165) is 52.2 Å². The highest BCUT2D eigenvalue weighted by molar-refractivity contribution is 5.73. The molecule has 2 unspecified atom stereocenters. The maximum absolute atomic E-state index is 10.6. The first-order chi connectivity index (χ1) is 20.4. The molecule has 2 aliphatic rings. The molecule has 0 bridgehead atoms. The van der Waals surface area contributed by atoms with Gasteiger partial charge >= 0.3 is 36.4 Å². The number of aliphatic carboxylic acids is 3. The fraction of sp³-hybridized carbons (Fsp3) is 0.680. The molecule has 20 heteroatoms. The van der Waals surface area contributed by atoms with Crippen molar-refractivity contribution in [2.45, 2.75) is 69.5 Å². The van der Waals surface area contributed by atoms with Crippen molar-refractivity contribution >= 4 is 17.9 Å². The Bertz CT molecular complexity index is 1000. The summed E-state index contributed by atoms with van der Waals surface area (Å²) in [4.78, 5) is 35.7. The summed E-state index contributed by atoms with van der Waals surface area (Å²) in [6, 6.07) is 4.70. The lowest BCUT2D eigenvalue weighted by atomic mass is 10.00. The first-order valence-corrected chi connectivity index (χ1v) is 12.9. The predicted octanol–water partition coefficient (Wildman–Crippen LogP) is 4.07. The zero-order valence-electron chi connectivity index (χ0n) is 24.2. The highest BCUT2D eigenvalue weighted by Crippen LogP contribution is 2.34. The predicted molar refractivity (Wildman–Crippen MR) is 136 cm³/mol. The SMILES string of the molecule is CC(C)N(C)CC1CCC2(COCCN(Cc3cccnc3)C2)O1.O=C(O)C(F)(F)F.O=C(O)C(F)(F)F.O=C(O)C(F)(F)F. The third kappa shape index (κ3) is 17.7. The van der Waals surface area contributed by atoms with Gasteiger partial charge in [-0.3, -0.25) is 9.88 Å². The van der Waals surface area contributed by atoms with Crippen LogP contribution in [0, 0.1) is 0 Å². The lowest BCUT2D eigenvalue weighted by Crippen LogP contribution is -2.45. The minimum Gasteiger partial charge on any atom is -0.475 e. The molecule has 0 aliphatic carbocycles. The number of aromatic nitrogens is 1. The maximum atomic E-state index is 10.6. The van der Waals surface area contributed by atoms with E-state index in [0.29, 0.717) is 12.1 Å². The highest BCUT2D eigenvalue weighted by Gasteiger charge is 2.43. The van der Waals surface area contributed by atoms with Crippen LogP contribution in [0.4, 0.5) is 39.5 Å². The molecule has 1 aromatic heterocycles. The van der Waals surface area contributed by atoms with E-state index >= 15 is 0 Å². The summed E-state index contributed by atoms with van der Waals surface area (Å²) in [6.07, 6.45) is -8.94. The molecule has 45 heavy (non-hydrogen) atoms. The van der Waals surface area contributed by atoms with Crippen LogP contribution in [-0.2, 0) is 30.4 Å². The van der Waals surface area contributed by atoms with Gasteiger partial charge < -0.3 is 29.7 Å². The number of alkyl halides is 9. The van der Waals surface area contributed by atoms with Gasteiger partial charge in [0.1, 0.15) is 5.60 Å². The minimum absolute atomic E-state index is 0.138. The maximum Gasteiger partial charge on any atom is 0.490 e. The van der Waals surface area contributed by atoms with E-state index in [9.17, 15) is 39.5 Å². The first kappa shape index (κ1) is 41.8. The van der Waals surface area contributed by atoms with Gasteiger partial charge in [0.25, 0.3) is 0 Å². The molecule has 2 aliphatic heterocycles. The summed E-state index contributed by atoms with van der Waals surface area (Å²) in [5, 5.41) is 21.4. The van der Waals surface area contributed by atoms with Crippen molar-refractivity contribution < 1.29 is 78.7 Å². The smallest absolute Gasteiger partial charge is 0.475 e. The summed E-state index contributed by atoms with van der Waals surface area (Å²) in [7, 11) is 2.18. The van der Waals surface area contributed by atoms with Gasteiger partial charge in [-0.1, -0.05) is 6.07 Å². The summed E-state index contributed by atoms with van der Waals surface area (Å²) in [6.45, 7) is 9.78. The number of nitrogens with zero attached hydrogens (tertiary/aromatic N) is 3. The Morgan fingerprint density at radius 1 is 1.00 bits per heavy atom. The molecule has 0 aromatic carbocycles. The van der Waals surface area contributed by atoms with Gasteiger partial charge in [-0.05, 0) is 45.4 Å². The fourth-order valence-electron chi connectivity index (χ4n) is 3.65. The molecule has 1 spiro atoms. The van der Waals surface area contributed by atoms with E-state index in [2.05, 4.69) is 41.7 Å². The number of hydrogen-bond acceptors (Lipinski definition) is 8. The Morgan fingerprint density at radius 2 is 1.49 bits per heavy atom. The third-order valence-corrected chi connectivity index (χ3v) is 6.00. The van der Waals surface area contributed by atoms with E-state index in [4.69, 9.17) is 39.2 Å². The fourth-order valence-corrected chi connectivity index (χ4v) is 3.65. The number of carboxylic acid groups (broad SMARTS) is 3. The van der Waals surface area contributed by atoms with E-state index < -0.39 is 36.4 Å². The lowest BCUT2D eigenvalue weighted by molar-refractivity contribution is -0.193. The van der Waals surface area contributed by atoms with Crippen molar-refractivity contribution in [3.8, 4) is 0 Å². The van der Waals surface area contributed by atoms with Crippen LogP contribution >= 0.6 is 0 Å². The van der Waals surface area contributed by atoms with Gasteiger partial charge in [0.2, 0.25) is 0 Å². The topological polar surface area (TPSA) is 150 Å². The molecule has 2 atom stereocenters. The van der Waals surface area contributed by atoms with Crippen LogP contribution in [0.5, 0.6) is 0 Å². The summed E-state index contributed by atoms with van der Waals surface area (Å²) >= 11 is 0. The van der Waals surface area contributed by atoms with Gasteiger partial charge in [0, 0.05) is 44.6 Å². The van der Waals surface area contributed by atoms with Crippen molar-refractivity contribution in [3.63, 3.8) is 0 Å². The Hall–Kier alpha value is -3.23. The average Bonchev–Trinajstić information content (AvgIpc) is 3.17. The van der Waals surface area contributed by atoms with Crippen LogP contribution in [0.1, 0.15) is 32.3 Å². The molecular weight excluding hydrogens is 641 g/mol. The molecule has 2 saturated heterocycles. The van der Waals surface area contributed by atoms with E-state index in [1.54, 1.807) is 0 Å². The second-order valence-corrected chi connectivity index (χ2v) is 10.0. The monoisotopic (exact) mass is 675 g/mol. The zero-order valence-corrected chi connectivity index (χ0v) is 24.2. The highest BCUT2D eigenvalue weighted by atomic mass is 19.4. The lowest BCUT2D eigenvalue weighted by Gasteiger charge is -2.33. The summed E-state index contributed by atoms with van der Waals surface area (Å²) in [5.41, 5.74) is 1.12. The molecule has 3 heterocycles. The Morgan fingerprint density at radius 3 is 1.89 bits per heavy atom. The molecule has 1 aromatic rings. The number of rotatable bonds is 5. The second-order valence-electron chi connectivity index (χ2n) is 10.0. The molecular formula is C25H34F9N3O8. The molecule has 0 saturated carbocycles. The molecule has 260 valence electrons. The quantitative estimate of drug-likeness (QED) is 0.388. The molecule has 0 radical (unpaired) electrons. The number of pyridine rings is 1. The number of halogens is 9. The standard InChI is InChI=1S/C19H31N3O2.3C2HF3O2/c1-16(2)21(3)13-18-6-7-19(24-18)14-22(9-10-23-15-19)12-17-5-4-8-20-11-17;3*3-2(4,5)1(6)7/h4-5,8,11,16,18H,6-7,9-10,12-15H2,1-3H3;3*(H,6,7). The number of carbonyl (C=O) groups is 3. The normalized spacial score (nSPS) is 20.6. The number of likely N-dealkylation sites (N-methyl/N-ethyl adjacent to an activating group) is 1. The first-order valence-electron chi connectivity index (χ1n) is 12.9. The van der Waals surface area contributed by atoms with Crippen LogP contribution in [0.3, 0.4) is 0 Å². The Kier molecular flexibility index (Phi) is 16.8. The van der Waals surface area contributed by atoms with Crippen molar-refractivity contribution in [1.29, 1.82) is 0 Å². The van der Waals surface area contributed by atoms with Gasteiger partial charge in [0.15, 0.2) is 0 Å². The molecule has 11 nitrogen and oxygen atoms in total. The van der Waals surface area contributed by atoms with Gasteiger partial charge in [-0.15, -0.1) is 0 Å². The van der Waals surface area contributed by atoms with Crippen molar-refractivity contribution in [3.05, 3.63) is 30.1 Å². The zero-order chi connectivity index (χ0) is 35.2. The molecule has 2 fully saturated rings. The Balaban J connectivity index is 0.000000753.